The van der Waals surface area contributed by atoms with Gasteiger partial charge in [0.25, 0.3) is 0 Å². The number of aromatic hydroxyl groups is 1. The largest absolute Gasteiger partial charge is 0.508 e. The van der Waals surface area contributed by atoms with Crippen molar-refractivity contribution in [1.82, 2.24) is 4.98 Å². The van der Waals surface area contributed by atoms with Crippen LogP contribution in [0.4, 0.5) is 0 Å². The van der Waals surface area contributed by atoms with Gasteiger partial charge in [0.15, 0.2) is 0 Å². The minimum absolute atomic E-state index is 0.113. The van der Waals surface area contributed by atoms with Gasteiger partial charge in [-0.05, 0) is 46.2 Å². The predicted octanol–water partition coefficient (Wildman–Crippen LogP) is 2.90. The molecule has 2 N–H and O–H groups in total. The van der Waals surface area contributed by atoms with Crippen molar-refractivity contribution in [2.45, 2.75) is 0 Å². The number of benzene rings is 2. The van der Waals surface area contributed by atoms with Gasteiger partial charge in [0.1, 0.15) is 5.75 Å². The molecule has 0 atom stereocenters. The summed E-state index contributed by atoms with van der Waals surface area (Å²) in [6.45, 7) is 0. The van der Waals surface area contributed by atoms with E-state index in [9.17, 15) is 9.90 Å². The topological polar surface area (TPSA) is 53.1 Å². The summed E-state index contributed by atoms with van der Waals surface area (Å²) in [5, 5.41) is 11.4. The fourth-order valence-corrected chi connectivity index (χ4v) is 2.04. The standard InChI is InChI=1S/C15H11NO2/c17-14-4-3-11-7-10(1-2-12(11)8-14)13-5-6-16-15(18)9-13/h1-9,17H,(H,16,18). The molecule has 3 nitrogen and oxygen atoms in total. The van der Waals surface area contributed by atoms with Gasteiger partial charge in [-0.15, -0.1) is 0 Å². The molecule has 1 aromatic heterocycles. The van der Waals surface area contributed by atoms with Crippen molar-refractivity contribution in [2.24, 2.45) is 0 Å². The summed E-state index contributed by atoms with van der Waals surface area (Å²) < 4.78 is 0. The van der Waals surface area contributed by atoms with E-state index in [-0.39, 0.29) is 11.3 Å². The van der Waals surface area contributed by atoms with E-state index in [0.717, 1.165) is 21.9 Å². The average molecular weight is 237 g/mol. The minimum Gasteiger partial charge on any atom is -0.508 e. The Morgan fingerprint density at radius 1 is 0.833 bits per heavy atom. The Labute approximate surface area is 103 Å². The molecule has 0 saturated heterocycles. The van der Waals surface area contributed by atoms with E-state index in [2.05, 4.69) is 4.98 Å². The lowest BCUT2D eigenvalue weighted by Gasteiger charge is -2.04. The van der Waals surface area contributed by atoms with Crippen LogP contribution >= 0.6 is 0 Å². The number of phenols is 1. The van der Waals surface area contributed by atoms with E-state index in [1.165, 1.54) is 0 Å². The Bertz CT molecular complexity index is 775. The zero-order valence-corrected chi connectivity index (χ0v) is 9.55. The van der Waals surface area contributed by atoms with Crippen LogP contribution in [0.5, 0.6) is 5.75 Å². The van der Waals surface area contributed by atoms with Crippen LogP contribution < -0.4 is 5.56 Å². The molecule has 18 heavy (non-hydrogen) atoms. The van der Waals surface area contributed by atoms with Crippen LogP contribution in [0.15, 0.2) is 59.5 Å². The summed E-state index contributed by atoms with van der Waals surface area (Å²) in [4.78, 5) is 13.9. The van der Waals surface area contributed by atoms with Gasteiger partial charge in [-0.1, -0.05) is 18.2 Å². The van der Waals surface area contributed by atoms with E-state index >= 15 is 0 Å². The number of phenolic OH excluding ortho intramolecular Hbond substituents is 1. The fraction of sp³-hybridized carbons (Fsp3) is 0. The van der Waals surface area contributed by atoms with Gasteiger partial charge in [-0.3, -0.25) is 4.79 Å². The summed E-state index contributed by atoms with van der Waals surface area (Å²) >= 11 is 0. The number of fused-ring (bicyclic) bond motifs is 1. The van der Waals surface area contributed by atoms with Gasteiger partial charge in [0.2, 0.25) is 5.56 Å². The first-order valence-corrected chi connectivity index (χ1v) is 5.64. The van der Waals surface area contributed by atoms with Crippen molar-refractivity contribution in [3.05, 3.63) is 65.1 Å². The van der Waals surface area contributed by atoms with Crippen molar-refractivity contribution in [1.29, 1.82) is 0 Å². The molecule has 3 heteroatoms. The minimum atomic E-state index is -0.113. The molecule has 0 aliphatic carbocycles. The summed E-state index contributed by atoms with van der Waals surface area (Å²) in [6.07, 6.45) is 1.64. The van der Waals surface area contributed by atoms with Gasteiger partial charge in [0.05, 0.1) is 0 Å². The Balaban J connectivity index is 2.19. The van der Waals surface area contributed by atoms with Crippen LogP contribution in [-0.2, 0) is 0 Å². The summed E-state index contributed by atoms with van der Waals surface area (Å²) in [5.41, 5.74) is 1.76. The van der Waals surface area contributed by atoms with Crippen LogP contribution in [0, 0.1) is 0 Å². The van der Waals surface area contributed by atoms with Gasteiger partial charge >= 0.3 is 0 Å². The lowest BCUT2D eigenvalue weighted by molar-refractivity contribution is 0.476. The van der Waals surface area contributed by atoms with Gasteiger partial charge in [-0.2, -0.15) is 0 Å². The molecule has 0 aliphatic heterocycles. The Kier molecular flexibility index (Phi) is 2.38. The molecule has 0 unspecified atom stereocenters. The molecular formula is C15H11NO2. The lowest BCUT2D eigenvalue weighted by atomic mass is 10.0. The van der Waals surface area contributed by atoms with E-state index in [1.807, 2.05) is 30.3 Å². The summed E-state index contributed by atoms with van der Waals surface area (Å²) in [7, 11) is 0. The average Bonchev–Trinajstić information content (AvgIpc) is 2.38. The molecule has 0 aliphatic rings. The number of rotatable bonds is 1. The van der Waals surface area contributed by atoms with Crippen LogP contribution in [0.25, 0.3) is 21.9 Å². The maximum Gasteiger partial charge on any atom is 0.248 e. The smallest absolute Gasteiger partial charge is 0.248 e. The molecule has 0 fully saturated rings. The Hall–Kier alpha value is -2.55. The summed E-state index contributed by atoms with van der Waals surface area (Å²) in [5.74, 6) is 0.256. The van der Waals surface area contributed by atoms with E-state index in [0.29, 0.717) is 0 Å². The van der Waals surface area contributed by atoms with Crippen molar-refractivity contribution in [2.75, 3.05) is 0 Å². The van der Waals surface area contributed by atoms with Gasteiger partial charge in [0, 0.05) is 12.3 Å². The molecule has 0 bridgehead atoms. The Morgan fingerprint density at radius 2 is 1.56 bits per heavy atom. The van der Waals surface area contributed by atoms with Crippen LogP contribution in [-0.4, -0.2) is 10.1 Å². The number of hydrogen-bond acceptors (Lipinski definition) is 2. The van der Waals surface area contributed by atoms with Crippen molar-refractivity contribution < 1.29 is 5.11 Å². The number of aromatic nitrogens is 1. The van der Waals surface area contributed by atoms with Gasteiger partial charge in [-0.25, -0.2) is 0 Å². The lowest BCUT2D eigenvalue weighted by Crippen LogP contribution is -2.01. The normalized spacial score (nSPS) is 10.7. The van der Waals surface area contributed by atoms with Crippen LogP contribution in [0.1, 0.15) is 0 Å². The second-order valence-corrected chi connectivity index (χ2v) is 4.19. The third-order valence-corrected chi connectivity index (χ3v) is 2.93. The zero-order valence-electron chi connectivity index (χ0n) is 9.55. The monoisotopic (exact) mass is 237 g/mol. The molecule has 3 aromatic rings. The van der Waals surface area contributed by atoms with Crippen molar-refractivity contribution in [3.63, 3.8) is 0 Å². The molecule has 0 spiro atoms. The molecular weight excluding hydrogens is 226 g/mol. The molecule has 88 valence electrons. The molecule has 2 aromatic carbocycles. The molecule has 0 amide bonds. The molecule has 1 heterocycles. The SMILES string of the molecule is O=c1cc(-c2ccc3cc(O)ccc3c2)cc[nH]1. The number of pyridine rings is 1. The third-order valence-electron chi connectivity index (χ3n) is 2.93. The highest BCUT2D eigenvalue weighted by Gasteiger charge is 2.01. The quantitative estimate of drug-likeness (QED) is 0.683. The molecule has 0 radical (unpaired) electrons. The Morgan fingerprint density at radius 3 is 2.39 bits per heavy atom. The van der Waals surface area contributed by atoms with Crippen molar-refractivity contribution in [3.8, 4) is 16.9 Å². The van der Waals surface area contributed by atoms with Crippen molar-refractivity contribution >= 4 is 10.8 Å². The zero-order chi connectivity index (χ0) is 12.5. The van der Waals surface area contributed by atoms with E-state index in [1.54, 1.807) is 24.4 Å². The number of nitrogens with one attached hydrogen (secondary N) is 1. The first kappa shape index (κ1) is 10.6. The maximum absolute atomic E-state index is 11.3. The first-order valence-electron chi connectivity index (χ1n) is 5.64. The van der Waals surface area contributed by atoms with E-state index in [4.69, 9.17) is 0 Å². The van der Waals surface area contributed by atoms with E-state index < -0.39 is 0 Å². The number of H-pyrrole nitrogens is 1. The number of hydrogen-bond donors (Lipinski definition) is 2. The van der Waals surface area contributed by atoms with Crippen LogP contribution in [0.3, 0.4) is 0 Å². The molecule has 3 rings (SSSR count). The maximum atomic E-state index is 11.3. The predicted molar refractivity (Wildman–Crippen MR) is 71.7 cm³/mol. The third kappa shape index (κ3) is 1.86. The highest BCUT2D eigenvalue weighted by molar-refractivity contribution is 5.88. The first-order chi connectivity index (χ1) is 8.72. The second kappa shape index (κ2) is 4.04. The fourth-order valence-electron chi connectivity index (χ4n) is 2.04. The van der Waals surface area contributed by atoms with Gasteiger partial charge < -0.3 is 10.1 Å². The van der Waals surface area contributed by atoms with Crippen LogP contribution in [0.2, 0.25) is 0 Å². The highest BCUT2D eigenvalue weighted by Crippen LogP contribution is 2.25. The second-order valence-electron chi connectivity index (χ2n) is 4.19. The molecule has 0 saturated carbocycles. The number of aromatic amines is 1. The summed E-state index contributed by atoms with van der Waals surface area (Å²) in [6, 6.07) is 14.6. The highest BCUT2D eigenvalue weighted by atomic mass is 16.3.